The number of amides is 1. The molecule has 3 heterocycles. The second-order valence-electron chi connectivity index (χ2n) is 7.83. The summed E-state index contributed by atoms with van der Waals surface area (Å²) in [5, 5.41) is 6.94. The predicted molar refractivity (Wildman–Crippen MR) is 105 cm³/mol. The van der Waals surface area contributed by atoms with Gasteiger partial charge in [0.05, 0.1) is 22.3 Å². The van der Waals surface area contributed by atoms with Crippen molar-refractivity contribution in [3.8, 4) is 0 Å². The summed E-state index contributed by atoms with van der Waals surface area (Å²) in [7, 11) is -3.98. The third-order valence-electron chi connectivity index (χ3n) is 5.86. The number of aromatic amines is 1. The average Bonchev–Trinajstić information content (AvgIpc) is 3.25. The van der Waals surface area contributed by atoms with Gasteiger partial charge in [-0.3, -0.25) is 9.89 Å². The SMILES string of the molecule is O=C(c1cn[nH]c1C1CCCN(S(=O)(=O)c2ccc(F)c(F)c2)C1)N1CCCCC1. The largest absolute Gasteiger partial charge is 0.339 e. The van der Waals surface area contributed by atoms with Gasteiger partial charge in [-0.1, -0.05) is 0 Å². The van der Waals surface area contributed by atoms with Gasteiger partial charge in [-0.2, -0.15) is 9.40 Å². The van der Waals surface area contributed by atoms with Crippen LogP contribution in [0, 0.1) is 11.6 Å². The standard InChI is InChI=1S/C20H24F2N4O3S/c21-17-7-6-15(11-18(17)22)30(28,29)26-10-4-5-14(13-26)19-16(12-23-24-19)20(27)25-8-2-1-3-9-25/h6-7,11-12,14H,1-5,8-10,13H2,(H,23,24). The van der Waals surface area contributed by atoms with E-state index in [1.54, 1.807) is 0 Å². The lowest BCUT2D eigenvalue weighted by molar-refractivity contribution is 0.0722. The van der Waals surface area contributed by atoms with Crippen molar-refractivity contribution in [1.82, 2.24) is 19.4 Å². The Morgan fingerprint density at radius 1 is 1.07 bits per heavy atom. The van der Waals surface area contributed by atoms with Crippen molar-refractivity contribution in [2.45, 2.75) is 42.9 Å². The summed E-state index contributed by atoms with van der Waals surface area (Å²) in [5.74, 6) is -2.61. The highest BCUT2D eigenvalue weighted by molar-refractivity contribution is 7.89. The number of halogens is 2. The molecule has 162 valence electrons. The molecule has 30 heavy (non-hydrogen) atoms. The molecule has 1 unspecified atom stereocenters. The van der Waals surface area contributed by atoms with E-state index in [1.807, 2.05) is 4.90 Å². The molecule has 1 aromatic carbocycles. The molecule has 0 saturated carbocycles. The lowest BCUT2D eigenvalue weighted by Crippen LogP contribution is -2.40. The number of H-pyrrole nitrogens is 1. The van der Waals surface area contributed by atoms with Gasteiger partial charge in [0.2, 0.25) is 10.0 Å². The van der Waals surface area contributed by atoms with E-state index in [1.165, 1.54) is 10.5 Å². The molecule has 10 heteroatoms. The number of sulfonamides is 1. The van der Waals surface area contributed by atoms with Gasteiger partial charge in [0.1, 0.15) is 0 Å². The Morgan fingerprint density at radius 2 is 1.83 bits per heavy atom. The Bertz CT molecular complexity index is 1030. The number of piperidine rings is 2. The molecule has 1 amide bonds. The number of likely N-dealkylation sites (tertiary alicyclic amines) is 1. The van der Waals surface area contributed by atoms with E-state index in [0.717, 1.165) is 31.4 Å². The lowest BCUT2D eigenvalue weighted by Gasteiger charge is -2.32. The van der Waals surface area contributed by atoms with Gasteiger partial charge in [0.15, 0.2) is 11.6 Å². The second-order valence-corrected chi connectivity index (χ2v) is 9.77. The highest BCUT2D eigenvalue weighted by Gasteiger charge is 2.34. The molecule has 2 fully saturated rings. The smallest absolute Gasteiger partial charge is 0.257 e. The van der Waals surface area contributed by atoms with Crippen LogP contribution < -0.4 is 0 Å². The maximum atomic E-state index is 13.6. The molecule has 1 atom stereocenters. The molecule has 0 bridgehead atoms. The van der Waals surface area contributed by atoms with E-state index in [9.17, 15) is 22.0 Å². The molecule has 7 nitrogen and oxygen atoms in total. The van der Waals surface area contributed by atoms with Crippen LogP contribution in [0.25, 0.3) is 0 Å². The Hall–Kier alpha value is -2.33. The molecule has 2 aliphatic rings. The number of aromatic nitrogens is 2. The number of carbonyl (C=O) groups is 1. The van der Waals surface area contributed by atoms with Gasteiger partial charge >= 0.3 is 0 Å². The number of nitrogens with zero attached hydrogens (tertiary/aromatic N) is 3. The fourth-order valence-electron chi connectivity index (χ4n) is 4.23. The summed E-state index contributed by atoms with van der Waals surface area (Å²) in [6, 6.07) is 2.59. The van der Waals surface area contributed by atoms with Crippen LogP contribution in [-0.4, -0.2) is 59.9 Å². The Morgan fingerprint density at radius 3 is 2.57 bits per heavy atom. The van der Waals surface area contributed by atoms with Crippen molar-refractivity contribution in [3.05, 3.63) is 47.3 Å². The maximum Gasteiger partial charge on any atom is 0.257 e. The first-order valence-electron chi connectivity index (χ1n) is 10.2. The third kappa shape index (κ3) is 3.98. The fourth-order valence-corrected chi connectivity index (χ4v) is 5.76. The van der Waals surface area contributed by atoms with Crippen LogP contribution in [0.15, 0.2) is 29.3 Å². The van der Waals surface area contributed by atoms with E-state index in [0.29, 0.717) is 43.3 Å². The molecule has 4 rings (SSSR count). The van der Waals surface area contributed by atoms with Gasteiger partial charge in [0.25, 0.3) is 5.91 Å². The van der Waals surface area contributed by atoms with Crippen molar-refractivity contribution in [3.63, 3.8) is 0 Å². The van der Waals surface area contributed by atoms with Gasteiger partial charge in [-0.05, 0) is 50.3 Å². The van der Waals surface area contributed by atoms with E-state index in [-0.39, 0.29) is 29.8 Å². The minimum Gasteiger partial charge on any atom is -0.339 e. The number of rotatable bonds is 4. The van der Waals surface area contributed by atoms with Gasteiger partial charge in [-0.15, -0.1) is 0 Å². The first-order chi connectivity index (χ1) is 14.4. The van der Waals surface area contributed by atoms with Crippen LogP contribution in [0.1, 0.15) is 54.1 Å². The average molecular weight is 439 g/mol. The molecular weight excluding hydrogens is 414 g/mol. The number of hydrogen-bond donors (Lipinski definition) is 1. The lowest BCUT2D eigenvalue weighted by atomic mass is 9.93. The molecule has 0 aliphatic carbocycles. The molecule has 1 aromatic heterocycles. The van der Waals surface area contributed by atoms with E-state index >= 15 is 0 Å². The van der Waals surface area contributed by atoms with Gasteiger partial charge in [-0.25, -0.2) is 17.2 Å². The summed E-state index contributed by atoms with van der Waals surface area (Å²) < 4.78 is 54.0. The zero-order valence-corrected chi connectivity index (χ0v) is 17.3. The Labute approximate surface area is 174 Å². The molecule has 0 radical (unpaired) electrons. The monoisotopic (exact) mass is 438 g/mol. The topological polar surface area (TPSA) is 86.4 Å². The first-order valence-corrected chi connectivity index (χ1v) is 11.6. The summed E-state index contributed by atoms with van der Waals surface area (Å²) in [6.07, 6.45) is 5.86. The van der Waals surface area contributed by atoms with Gasteiger partial charge < -0.3 is 4.90 Å². The highest BCUT2D eigenvalue weighted by Crippen LogP contribution is 2.32. The fraction of sp³-hybridized carbons (Fsp3) is 0.500. The molecule has 0 spiro atoms. The van der Waals surface area contributed by atoms with E-state index < -0.39 is 21.7 Å². The number of nitrogens with one attached hydrogen (secondary N) is 1. The second kappa shape index (κ2) is 8.43. The van der Waals surface area contributed by atoms with E-state index in [2.05, 4.69) is 10.2 Å². The zero-order chi connectivity index (χ0) is 21.3. The van der Waals surface area contributed by atoms with Crippen LogP contribution in [-0.2, 0) is 10.0 Å². The van der Waals surface area contributed by atoms with E-state index in [4.69, 9.17) is 0 Å². The quantitative estimate of drug-likeness (QED) is 0.795. The summed E-state index contributed by atoms with van der Waals surface area (Å²) >= 11 is 0. The van der Waals surface area contributed by atoms with Crippen LogP contribution in [0.4, 0.5) is 8.78 Å². The molecule has 2 aromatic rings. The summed E-state index contributed by atoms with van der Waals surface area (Å²) in [6.45, 7) is 1.85. The van der Waals surface area contributed by atoms with Crippen molar-refractivity contribution in [2.24, 2.45) is 0 Å². The maximum absolute atomic E-state index is 13.6. The number of carbonyl (C=O) groups excluding carboxylic acids is 1. The van der Waals surface area contributed by atoms with Crippen LogP contribution in [0.5, 0.6) is 0 Å². The van der Waals surface area contributed by atoms with Crippen molar-refractivity contribution in [1.29, 1.82) is 0 Å². The van der Waals surface area contributed by atoms with Crippen molar-refractivity contribution in [2.75, 3.05) is 26.2 Å². The minimum atomic E-state index is -3.98. The number of hydrogen-bond acceptors (Lipinski definition) is 4. The molecule has 2 saturated heterocycles. The van der Waals surface area contributed by atoms with Crippen LogP contribution in [0.2, 0.25) is 0 Å². The van der Waals surface area contributed by atoms with Crippen molar-refractivity contribution >= 4 is 15.9 Å². The molecule has 2 aliphatic heterocycles. The minimum absolute atomic E-state index is 0.0842. The summed E-state index contributed by atoms with van der Waals surface area (Å²) in [5.41, 5.74) is 1.12. The normalized spacial score (nSPS) is 21.0. The predicted octanol–water partition coefficient (Wildman–Crippen LogP) is 2.88. The molecular formula is C20H24F2N4O3S. The zero-order valence-electron chi connectivity index (χ0n) is 16.5. The van der Waals surface area contributed by atoms with Crippen LogP contribution >= 0.6 is 0 Å². The van der Waals surface area contributed by atoms with Gasteiger partial charge in [0, 0.05) is 32.1 Å². The Kier molecular flexibility index (Phi) is 5.88. The number of benzene rings is 1. The summed E-state index contributed by atoms with van der Waals surface area (Å²) in [4.78, 5) is 14.5. The first kappa shape index (κ1) is 20.9. The Balaban J connectivity index is 1.55. The van der Waals surface area contributed by atoms with Crippen LogP contribution in [0.3, 0.4) is 0 Å². The highest BCUT2D eigenvalue weighted by atomic mass is 32.2. The third-order valence-corrected chi connectivity index (χ3v) is 7.72. The van der Waals surface area contributed by atoms with Crippen molar-refractivity contribution < 1.29 is 22.0 Å². The molecule has 1 N–H and O–H groups in total.